The third-order valence-corrected chi connectivity index (χ3v) is 3.77. The molecular weight excluding hydrogens is 288 g/mol. The van der Waals surface area contributed by atoms with Gasteiger partial charge >= 0.3 is 6.03 Å². The van der Waals surface area contributed by atoms with Crippen molar-refractivity contribution in [3.05, 3.63) is 28.3 Å². The van der Waals surface area contributed by atoms with E-state index in [9.17, 15) is 4.79 Å². The summed E-state index contributed by atoms with van der Waals surface area (Å²) in [4.78, 5) is 11.8. The van der Waals surface area contributed by atoms with Crippen LogP contribution in [0.2, 0.25) is 5.02 Å². The number of ether oxygens (including phenoxy) is 1. The molecule has 116 valence electrons. The molecule has 2 amide bonds. The maximum absolute atomic E-state index is 11.8. The Balaban J connectivity index is 1.66. The highest BCUT2D eigenvalue weighted by molar-refractivity contribution is 6.34. The van der Waals surface area contributed by atoms with Gasteiger partial charge in [-0.25, -0.2) is 4.79 Å². The van der Waals surface area contributed by atoms with Gasteiger partial charge in [0.15, 0.2) is 0 Å². The van der Waals surface area contributed by atoms with Crippen molar-refractivity contribution in [2.45, 2.75) is 33.1 Å². The zero-order valence-electron chi connectivity index (χ0n) is 12.7. The molecule has 2 N–H and O–H groups in total. The summed E-state index contributed by atoms with van der Waals surface area (Å²) in [6.07, 6.45) is 3.43. The fourth-order valence-electron chi connectivity index (χ4n) is 2.14. The Labute approximate surface area is 131 Å². The van der Waals surface area contributed by atoms with E-state index in [-0.39, 0.29) is 6.03 Å². The highest BCUT2D eigenvalue weighted by atomic mass is 35.5. The first-order valence-electron chi connectivity index (χ1n) is 7.45. The molecule has 1 fully saturated rings. The van der Waals surface area contributed by atoms with E-state index in [1.165, 1.54) is 12.8 Å². The van der Waals surface area contributed by atoms with Crippen LogP contribution in [0, 0.1) is 19.8 Å². The van der Waals surface area contributed by atoms with Crippen LogP contribution in [0.25, 0.3) is 0 Å². The molecule has 1 saturated carbocycles. The zero-order valence-corrected chi connectivity index (χ0v) is 13.4. The van der Waals surface area contributed by atoms with Gasteiger partial charge in [-0.05, 0) is 56.2 Å². The molecule has 1 aromatic carbocycles. The van der Waals surface area contributed by atoms with Gasteiger partial charge in [-0.2, -0.15) is 0 Å². The van der Waals surface area contributed by atoms with Gasteiger partial charge < -0.3 is 15.4 Å². The number of nitrogens with one attached hydrogen (secondary N) is 2. The van der Waals surface area contributed by atoms with E-state index in [4.69, 9.17) is 16.3 Å². The number of aryl methyl sites for hydroxylation is 2. The first kappa shape index (κ1) is 16.1. The van der Waals surface area contributed by atoms with Gasteiger partial charge in [0.05, 0.1) is 10.7 Å². The molecule has 0 saturated heterocycles. The molecule has 0 bridgehead atoms. The van der Waals surface area contributed by atoms with Crippen molar-refractivity contribution in [3.63, 3.8) is 0 Å². The summed E-state index contributed by atoms with van der Waals surface area (Å²) < 4.78 is 5.52. The quantitative estimate of drug-likeness (QED) is 0.751. The predicted molar refractivity (Wildman–Crippen MR) is 86.1 cm³/mol. The lowest BCUT2D eigenvalue weighted by Crippen LogP contribution is -2.30. The number of rotatable bonds is 7. The molecule has 5 heteroatoms. The molecule has 2 rings (SSSR count). The van der Waals surface area contributed by atoms with Crippen molar-refractivity contribution in [2.75, 3.05) is 25.1 Å². The van der Waals surface area contributed by atoms with E-state index in [0.717, 1.165) is 30.1 Å². The van der Waals surface area contributed by atoms with Crippen LogP contribution in [-0.2, 0) is 4.74 Å². The van der Waals surface area contributed by atoms with E-state index in [0.29, 0.717) is 23.9 Å². The lowest BCUT2D eigenvalue weighted by Gasteiger charge is -2.12. The molecule has 0 aromatic heterocycles. The Hall–Kier alpha value is -1.26. The number of hydrogen-bond acceptors (Lipinski definition) is 2. The van der Waals surface area contributed by atoms with Crippen LogP contribution in [0.4, 0.5) is 10.5 Å². The van der Waals surface area contributed by atoms with Gasteiger partial charge in [-0.1, -0.05) is 17.7 Å². The molecule has 1 aliphatic rings. The summed E-state index contributed by atoms with van der Waals surface area (Å²) in [7, 11) is 0. The normalized spacial score (nSPS) is 14.0. The van der Waals surface area contributed by atoms with E-state index in [2.05, 4.69) is 10.6 Å². The maximum atomic E-state index is 11.8. The number of anilines is 1. The van der Waals surface area contributed by atoms with Crippen molar-refractivity contribution in [1.29, 1.82) is 0 Å². The van der Waals surface area contributed by atoms with Crippen LogP contribution >= 0.6 is 11.6 Å². The Morgan fingerprint density at radius 1 is 1.38 bits per heavy atom. The third-order valence-electron chi connectivity index (χ3n) is 3.47. The Bertz CT molecular complexity index is 478. The van der Waals surface area contributed by atoms with Crippen LogP contribution in [-0.4, -0.2) is 25.8 Å². The monoisotopic (exact) mass is 310 g/mol. The summed E-state index contributed by atoms with van der Waals surface area (Å²) in [5, 5.41) is 6.18. The number of carbonyl (C=O) groups excluding carboxylic acids is 1. The SMILES string of the molecule is Cc1cc(C)c(NC(=O)NCCCOCC2CC2)c(Cl)c1. The molecule has 0 atom stereocenters. The highest BCUT2D eigenvalue weighted by Crippen LogP contribution is 2.28. The molecule has 21 heavy (non-hydrogen) atoms. The largest absolute Gasteiger partial charge is 0.381 e. The lowest BCUT2D eigenvalue weighted by atomic mass is 10.1. The average molecular weight is 311 g/mol. The Morgan fingerprint density at radius 3 is 2.81 bits per heavy atom. The van der Waals surface area contributed by atoms with Gasteiger partial charge in [-0.3, -0.25) is 0 Å². The van der Waals surface area contributed by atoms with Gasteiger partial charge in [0.1, 0.15) is 0 Å². The molecule has 4 nitrogen and oxygen atoms in total. The van der Waals surface area contributed by atoms with Crippen molar-refractivity contribution in [1.82, 2.24) is 5.32 Å². The summed E-state index contributed by atoms with van der Waals surface area (Å²) >= 11 is 6.15. The molecule has 0 radical (unpaired) electrons. The minimum Gasteiger partial charge on any atom is -0.381 e. The molecule has 0 aliphatic heterocycles. The van der Waals surface area contributed by atoms with Crippen LogP contribution < -0.4 is 10.6 Å². The van der Waals surface area contributed by atoms with Crippen LogP contribution in [0.5, 0.6) is 0 Å². The van der Waals surface area contributed by atoms with Gasteiger partial charge in [0.25, 0.3) is 0 Å². The second-order valence-electron chi connectivity index (χ2n) is 5.69. The second kappa shape index (κ2) is 7.66. The second-order valence-corrected chi connectivity index (χ2v) is 6.10. The predicted octanol–water partition coefficient (Wildman–Crippen LogP) is 3.90. The summed E-state index contributed by atoms with van der Waals surface area (Å²) in [6, 6.07) is 3.61. The molecule has 0 spiro atoms. The Morgan fingerprint density at radius 2 is 2.14 bits per heavy atom. The van der Waals surface area contributed by atoms with Gasteiger partial charge in [-0.15, -0.1) is 0 Å². The smallest absolute Gasteiger partial charge is 0.319 e. The van der Waals surface area contributed by atoms with Crippen LogP contribution in [0.1, 0.15) is 30.4 Å². The first-order valence-corrected chi connectivity index (χ1v) is 7.83. The summed E-state index contributed by atoms with van der Waals surface area (Å²) in [6.45, 7) is 6.06. The number of urea groups is 1. The highest BCUT2D eigenvalue weighted by Gasteiger charge is 2.20. The number of carbonyl (C=O) groups is 1. The zero-order chi connectivity index (χ0) is 15.2. The van der Waals surface area contributed by atoms with E-state index in [1.807, 2.05) is 26.0 Å². The number of amides is 2. The Kier molecular flexibility index (Phi) is 5.88. The molecule has 1 aromatic rings. The van der Waals surface area contributed by atoms with Crippen molar-refractivity contribution >= 4 is 23.3 Å². The molecule has 1 aliphatic carbocycles. The van der Waals surface area contributed by atoms with Crippen LogP contribution in [0.3, 0.4) is 0 Å². The molecular formula is C16H23ClN2O2. The topological polar surface area (TPSA) is 50.4 Å². The summed E-state index contributed by atoms with van der Waals surface area (Å²) in [5.41, 5.74) is 2.71. The fourth-order valence-corrected chi connectivity index (χ4v) is 2.51. The van der Waals surface area contributed by atoms with E-state index in [1.54, 1.807) is 0 Å². The first-order chi connectivity index (χ1) is 10.1. The molecule has 0 unspecified atom stereocenters. The minimum absolute atomic E-state index is 0.231. The lowest BCUT2D eigenvalue weighted by molar-refractivity contribution is 0.122. The number of hydrogen-bond donors (Lipinski definition) is 2. The standard InChI is InChI=1S/C16H23ClN2O2/c1-11-8-12(2)15(14(17)9-11)19-16(20)18-6-3-7-21-10-13-4-5-13/h8-9,13H,3-7,10H2,1-2H3,(H2,18,19,20). The van der Waals surface area contributed by atoms with Crippen LogP contribution in [0.15, 0.2) is 12.1 Å². The minimum atomic E-state index is -0.231. The summed E-state index contributed by atoms with van der Waals surface area (Å²) in [5.74, 6) is 0.785. The van der Waals surface area contributed by atoms with Gasteiger partial charge in [0, 0.05) is 19.8 Å². The van der Waals surface area contributed by atoms with Crippen molar-refractivity contribution in [3.8, 4) is 0 Å². The fraction of sp³-hybridized carbons (Fsp3) is 0.562. The average Bonchev–Trinajstić information content (AvgIpc) is 3.22. The van der Waals surface area contributed by atoms with Crippen molar-refractivity contribution in [2.24, 2.45) is 5.92 Å². The van der Waals surface area contributed by atoms with Crippen molar-refractivity contribution < 1.29 is 9.53 Å². The molecule has 0 heterocycles. The third kappa shape index (κ3) is 5.56. The van der Waals surface area contributed by atoms with Gasteiger partial charge in [0.2, 0.25) is 0 Å². The number of halogens is 1. The van der Waals surface area contributed by atoms with E-state index < -0.39 is 0 Å². The van der Waals surface area contributed by atoms with E-state index >= 15 is 0 Å². The number of benzene rings is 1. The maximum Gasteiger partial charge on any atom is 0.319 e.